The maximum absolute atomic E-state index is 12.8. The fourth-order valence-corrected chi connectivity index (χ4v) is 4.46. The van der Waals surface area contributed by atoms with Crippen LogP contribution in [0.5, 0.6) is 0 Å². The van der Waals surface area contributed by atoms with Crippen molar-refractivity contribution in [2.24, 2.45) is 0 Å². The lowest BCUT2D eigenvalue weighted by Gasteiger charge is -2.13. The van der Waals surface area contributed by atoms with Crippen molar-refractivity contribution in [3.63, 3.8) is 0 Å². The van der Waals surface area contributed by atoms with Crippen LogP contribution in [0.2, 0.25) is 5.02 Å². The number of carbonyl (C=O) groups excluding carboxylic acids is 2. The van der Waals surface area contributed by atoms with Gasteiger partial charge < -0.3 is 9.30 Å². The zero-order valence-corrected chi connectivity index (χ0v) is 19.7. The van der Waals surface area contributed by atoms with Crippen molar-refractivity contribution in [1.82, 2.24) is 8.87 Å². The lowest BCUT2D eigenvalue weighted by atomic mass is 10.1. The highest BCUT2D eigenvalue weighted by atomic mass is 35.5. The molecule has 0 N–H and O–H groups in total. The molecule has 0 saturated heterocycles. The predicted molar refractivity (Wildman–Crippen MR) is 122 cm³/mol. The van der Waals surface area contributed by atoms with Crippen LogP contribution in [0.15, 0.2) is 59.5 Å². The number of hydrogen-bond donors (Lipinski definition) is 0. The van der Waals surface area contributed by atoms with Gasteiger partial charge in [-0.3, -0.25) is 4.79 Å². The van der Waals surface area contributed by atoms with Crippen LogP contribution in [0, 0.1) is 13.8 Å². The SMILES string of the molecule is Cc1cc(C(=O)COC(=O)c2cc(S(=O)(=O)N(C)C)ccc2Cl)c(C)n1-c1ccccc1. The van der Waals surface area contributed by atoms with Crippen molar-refractivity contribution >= 4 is 33.4 Å². The first-order valence-electron chi connectivity index (χ1n) is 9.70. The Labute approximate surface area is 192 Å². The molecule has 1 heterocycles. The summed E-state index contributed by atoms with van der Waals surface area (Å²) < 4.78 is 32.8. The third-order valence-corrected chi connectivity index (χ3v) is 7.16. The van der Waals surface area contributed by atoms with Crippen LogP contribution >= 0.6 is 11.6 Å². The summed E-state index contributed by atoms with van der Waals surface area (Å²) in [6.07, 6.45) is 0. The van der Waals surface area contributed by atoms with E-state index in [0.29, 0.717) is 5.56 Å². The van der Waals surface area contributed by atoms with Gasteiger partial charge >= 0.3 is 5.97 Å². The smallest absolute Gasteiger partial charge is 0.340 e. The Morgan fingerprint density at radius 2 is 1.66 bits per heavy atom. The molecule has 9 heteroatoms. The molecular weight excluding hydrogens is 452 g/mol. The summed E-state index contributed by atoms with van der Waals surface area (Å²) in [5, 5.41) is 0.0300. The third kappa shape index (κ3) is 4.62. The minimum atomic E-state index is -3.76. The van der Waals surface area contributed by atoms with Gasteiger partial charge in [0.05, 0.1) is 15.5 Å². The summed E-state index contributed by atoms with van der Waals surface area (Å²) in [5.74, 6) is -1.25. The first-order valence-corrected chi connectivity index (χ1v) is 11.5. The number of carbonyl (C=O) groups is 2. The first-order chi connectivity index (χ1) is 15.0. The van der Waals surface area contributed by atoms with Gasteiger partial charge in [-0.1, -0.05) is 29.8 Å². The molecule has 168 valence electrons. The second-order valence-corrected chi connectivity index (χ2v) is 9.94. The summed E-state index contributed by atoms with van der Waals surface area (Å²) in [4.78, 5) is 25.2. The minimum Gasteiger partial charge on any atom is -0.454 e. The van der Waals surface area contributed by atoms with Gasteiger partial charge in [0.25, 0.3) is 0 Å². The van der Waals surface area contributed by atoms with Gasteiger partial charge in [0.15, 0.2) is 6.61 Å². The molecule has 0 spiro atoms. The number of ketones is 1. The lowest BCUT2D eigenvalue weighted by Crippen LogP contribution is -2.22. The number of rotatable bonds is 7. The molecule has 0 atom stereocenters. The van der Waals surface area contributed by atoms with E-state index in [9.17, 15) is 18.0 Å². The summed E-state index contributed by atoms with van der Waals surface area (Å²) in [6.45, 7) is 3.21. The molecule has 3 rings (SSSR count). The minimum absolute atomic E-state index is 0.0300. The third-order valence-electron chi connectivity index (χ3n) is 5.02. The number of nitrogens with zero attached hydrogens (tertiary/aromatic N) is 2. The van der Waals surface area contributed by atoms with E-state index in [1.165, 1.54) is 26.2 Å². The summed E-state index contributed by atoms with van der Waals surface area (Å²) >= 11 is 6.07. The van der Waals surface area contributed by atoms with Gasteiger partial charge in [-0.25, -0.2) is 17.5 Å². The van der Waals surface area contributed by atoms with E-state index in [4.69, 9.17) is 16.3 Å². The Balaban J connectivity index is 1.80. The molecule has 0 aliphatic heterocycles. The Morgan fingerprint density at radius 3 is 2.28 bits per heavy atom. The van der Waals surface area contributed by atoms with Gasteiger partial charge in [-0.15, -0.1) is 0 Å². The molecule has 0 unspecified atom stereocenters. The summed E-state index contributed by atoms with van der Waals surface area (Å²) in [5.41, 5.74) is 2.83. The molecule has 2 aromatic carbocycles. The molecule has 0 fully saturated rings. The van der Waals surface area contributed by atoms with E-state index < -0.39 is 22.6 Å². The highest BCUT2D eigenvalue weighted by molar-refractivity contribution is 7.89. The lowest BCUT2D eigenvalue weighted by molar-refractivity contribution is 0.0474. The van der Waals surface area contributed by atoms with E-state index in [1.54, 1.807) is 6.07 Å². The number of Topliss-reactive ketones (excluding diaryl/α,β-unsaturated/α-hetero) is 1. The molecule has 0 saturated carbocycles. The molecule has 0 bridgehead atoms. The Morgan fingerprint density at radius 1 is 1.00 bits per heavy atom. The molecule has 0 radical (unpaired) electrons. The van der Waals surface area contributed by atoms with Crippen LogP contribution in [0.4, 0.5) is 0 Å². The first kappa shape index (κ1) is 23.7. The summed E-state index contributed by atoms with van der Waals surface area (Å²) in [6, 6.07) is 15.1. The van der Waals surface area contributed by atoms with Gasteiger partial charge in [-0.05, 0) is 50.2 Å². The van der Waals surface area contributed by atoms with Crippen LogP contribution in [-0.2, 0) is 14.8 Å². The van der Waals surface area contributed by atoms with E-state index in [2.05, 4.69) is 0 Å². The van der Waals surface area contributed by atoms with Crippen LogP contribution < -0.4 is 0 Å². The maximum Gasteiger partial charge on any atom is 0.340 e. The Bertz CT molecular complexity index is 1280. The number of para-hydroxylation sites is 1. The van der Waals surface area contributed by atoms with Crippen LogP contribution in [0.3, 0.4) is 0 Å². The number of esters is 1. The van der Waals surface area contributed by atoms with Crippen molar-refractivity contribution in [2.45, 2.75) is 18.7 Å². The Hall–Kier alpha value is -2.94. The number of aryl methyl sites for hydroxylation is 1. The van der Waals surface area contributed by atoms with Crippen molar-refractivity contribution in [2.75, 3.05) is 20.7 Å². The van der Waals surface area contributed by atoms with Crippen molar-refractivity contribution in [3.05, 3.63) is 82.1 Å². The average Bonchev–Trinajstić information content (AvgIpc) is 3.06. The second kappa shape index (κ2) is 9.28. The van der Waals surface area contributed by atoms with Gasteiger partial charge in [-0.2, -0.15) is 0 Å². The normalized spacial score (nSPS) is 11.6. The fraction of sp³-hybridized carbons (Fsp3) is 0.217. The number of aromatic nitrogens is 1. The number of ether oxygens (including phenoxy) is 1. The number of sulfonamides is 1. The molecule has 0 aliphatic carbocycles. The monoisotopic (exact) mass is 474 g/mol. The highest BCUT2D eigenvalue weighted by Gasteiger charge is 2.23. The highest BCUT2D eigenvalue weighted by Crippen LogP contribution is 2.24. The molecular formula is C23H23ClN2O5S. The van der Waals surface area contributed by atoms with E-state index in [1.807, 2.05) is 48.7 Å². The largest absolute Gasteiger partial charge is 0.454 e. The molecule has 0 aliphatic rings. The van der Waals surface area contributed by atoms with Crippen LogP contribution in [0.1, 0.15) is 32.1 Å². The number of halogens is 1. The predicted octanol–water partition coefficient (Wildman–Crippen LogP) is 4.04. The molecule has 1 aromatic heterocycles. The van der Waals surface area contributed by atoms with E-state index >= 15 is 0 Å². The maximum atomic E-state index is 12.8. The van der Waals surface area contributed by atoms with E-state index in [0.717, 1.165) is 27.4 Å². The molecule has 0 amide bonds. The zero-order chi connectivity index (χ0) is 23.6. The fourth-order valence-electron chi connectivity index (χ4n) is 3.34. The van der Waals surface area contributed by atoms with Crippen LogP contribution in [0.25, 0.3) is 5.69 Å². The zero-order valence-electron chi connectivity index (χ0n) is 18.1. The van der Waals surface area contributed by atoms with Crippen LogP contribution in [-0.4, -0.2) is 49.7 Å². The topological polar surface area (TPSA) is 85.7 Å². The molecule has 3 aromatic rings. The standard InChI is InChI=1S/C23H23ClN2O5S/c1-15-12-19(16(2)26(15)17-8-6-5-7-9-17)22(27)14-31-23(28)20-13-18(10-11-21(20)24)32(29,30)25(3)4/h5-13H,14H2,1-4H3. The van der Waals surface area contributed by atoms with E-state index in [-0.39, 0.29) is 21.3 Å². The average molecular weight is 475 g/mol. The van der Waals surface area contributed by atoms with Gasteiger partial charge in [0, 0.05) is 36.7 Å². The second-order valence-electron chi connectivity index (χ2n) is 7.38. The Kier molecular flexibility index (Phi) is 6.88. The summed E-state index contributed by atoms with van der Waals surface area (Å²) in [7, 11) is -0.998. The van der Waals surface area contributed by atoms with Gasteiger partial charge in [0.2, 0.25) is 15.8 Å². The number of benzene rings is 2. The van der Waals surface area contributed by atoms with Crippen molar-refractivity contribution in [3.8, 4) is 5.69 Å². The molecule has 7 nitrogen and oxygen atoms in total. The van der Waals surface area contributed by atoms with Crippen molar-refractivity contribution in [1.29, 1.82) is 0 Å². The molecule has 32 heavy (non-hydrogen) atoms. The van der Waals surface area contributed by atoms with Gasteiger partial charge in [0.1, 0.15) is 0 Å². The van der Waals surface area contributed by atoms with Crippen molar-refractivity contribution < 1.29 is 22.7 Å². The quantitative estimate of drug-likeness (QED) is 0.381. The number of hydrogen-bond acceptors (Lipinski definition) is 5.